The minimum Gasteiger partial charge on any atom is -0.497 e. The third kappa shape index (κ3) is 9.13. The van der Waals surface area contributed by atoms with Crippen LogP contribution in [0.2, 0.25) is 0 Å². The molecule has 3 aromatic rings. The van der Waals surface area contributed by atoms with Crippen molar-refractivity contribution in [3.63, 3.8) is 0 Å². The van der Waals surface area contributed by atoms with Crippen molar-refractivity contribution in [1.29, 1.82) is 0 Å². The van der Waals surface area contributed by atoms with Crippen LogP contribution in [-0.4, -0.2) is 38.2 Å². The SMILES string of the molecule is C=CC(=O)OCCCCCCOc1ccc(C(=O)Oc2ccc(OC(=O)c3ccc(OC)cc3)cc2)cc1. The molecule has 8 heteroatoms. The van der Waals surface area contributed by atoms with E-state index in [-0.39, 0.29) is 0 Å². The van der Waals surface area contributed by atoms with Gasteiger partial charge in [-0.3, -0.25) is 0 Å². The van der Waals surface area contributed by atoms with Crippen LogP contribution < -0.4 is 18.9 Å². The van der Waals surface area contributed by atoms with Gasteiger partial charge in [0.2, 0.25) is 0 Å². The van der Waals surface area contributed by atoms with Crippen LogP contribution in [0.4, 0.5) is 0 Å². The van der Waals surface area contributed by atoms with Crippen molar-refractivity contribution >= 4 is 17.9 Å². The van der Waals surface area contributed by atoms with Gasteiger partial charge in [0.1, 0.15) is 23.0 Å². The van der Waals surface area contributed by atoms with Crippen LogP contribution in [0.25, 0.3) is 0 Å². The predicted octanol–water partition coefficient (Wildman–Crippen LogP) is 5.80. The highest BCUT2D eigenvalue weighted by Gasteiger charge is 2.11. The van der Waals surface area contributed by atoms with Crippen molar-refractivity contribution in [2.24, 2.45) is 0 Å². The minimum absolute atomic E-state index is 0.318. The minimum atomic E-state index is -0.517. The molecule has 0 amide bonds. The van der Waals surface area contributed by atoms with Crippen molar-refractivity contribution in [3.05, 3.63) is 96.6 Å². The molecule has 0 radical (unpaired) electrons. The van der Waals surface area contributed by atoms with E-state index in [1.165, 1.54) is 0 Å². The van der Waals surface area contributed by atoms with Gasteiger partial charge in [-0.2, -0.15) is 0 Å². The lowest BCUT2D eigenvalue weighted by atomic mass is 10.2. The van der Waals surface area contributed by atoms with Crippen molar-refractivity contribution < 1.29 is 38.1 Å². The first-order valence-electron chi connectivity index (χ1n) is 12.2. The van der Waals surface area contributed by atoms with Crippen LogP contribution in [0.1, 0.15) is 46.4 Å². The lowest BCUT2D eigenvalue weighted by Gasteiger charge is -2.09. The van der Waals surface area contributed by atoms with Crippen LogP contribution in [-0.2, 0) is 9.53 Å². The summed E-state index contributed by atoms with van der Waals surface area (Å²) in [5.74, 6) is 0.515. The summed E-state index contributed by atoms with van der Waals surface area (Å²) in [5, 5.41) is 0. The maximum Gasteiger partial charge on any atom is 0.343 e. The Morgan fingerprint density at radius 1 is 0.632 bits per heavy atom. The zero-order valence-corrected chi connectivity index (χ0v) is 21.2. The van der Waals surface area contributed by atoms with Gasteiger partial charge in [0.05, 0.1) is 31.5 Å². The number of hydrogen-bond donors (Lipinski definition) is 0. The molecule has 0 heterocycles. The molecule has 0 aliphatic heterocycles. The number of methoxy groups -OCH3 is 1. The molecule has 0 saturated heterocycles. The third-order valence-electron chi connectivity index (χ3n) is 5.38. The van der Waals surface area contributed by atoms with Crippen LogP contribution in [0.5, 0.6) is 23.0 Å². The topological polar surface area (TPSA) is 97.4 Å². The summed E-state index contributed by atoms with van der Waals surface area (Å²) < 4.78 is 26.5. The van der Waals surface area contributed by atoms with Crippen LogP contribution in [0.3, 0.4) is 0 Å². The lowest BCUT2D eigenvalue weighted by Crippen LogP contribution is -2.09. The molecule has 0 unspecified atom stereocenters. The summed E-state index contributed by atoms with van der Waals surface area (Å²) in [7, 11) is 1.55. The summed E-state index contributed by atoms with van der Waals surface area (Å²) in [6.45, 7) is 4.29. The molecular weight excluding hydrogens is 488 g/mol. The van der Waals surface area contributed by atoms with E-state index >= 15 is 0 Å². The largest absolute Gasteiger partial charge is 0.497 e. The molecule has 0 aliphatic carbocycles. The second-order valence-electron chi connectivity index (χ2n) is 8.14. The Bertz CT molecular complexity index is 1200. The van der Waals surface area contributed by atoms with E-state index in [1.54, 1.807) is 79.9 Å². The van der Waals surface area contributed by atoms with E-state index < -0.39 is 17.9 Å². The fourth-order valence-electron chi connectivity index (χ4n) is 3.30. The van der Waals surface area contributed by atoms with Gasteiger partial charge >= 0.3 is 17.9 Å². The molecule has 198 valence electrons. The normalized spacial score (nSPS) is 10.2. The molecule has 0 aliphatic rings. The Morgan fingerprint density at radius 2 is 1.08 bits per heavy atom. The molecule has 38 heavy (non-hydrogen) atoms. The molecule has 8 nitrogen and oxygen atoms in total. The Morgan fingerprint density at radius 3 is 1.55 bits per heavy atom. The molecule has 0 atom stereocenters. The molecule has 0 fully saturated rings. The van der Waals surface area contributed by atoms with Gasteiger partial charge < -0.3 is 23.7 Å². The second-order valence-corrected chi connectivity index (χ2v) is 8.14. The summed E-state index contributed by atoms with van der Waals surface area (Å²) in [6.07, 6.45) is 4.71. The number of rotatable bonds is 14. The van der Waals surface area contributed by atoms with E-state index in [0.717, 1.165) is 31.8 Å². The number of benzene rings is 3. The number of ether oxygens (including phenoxy) is 5. The average Bonchev–Trinajstić information content (AvgIpc) is 2.95. The van der Waals surface area contributed by atoms with Gasteiger partial charge in [-0.25, -0.2) is 14.4 Å². The second kappa shape index (κ2) is 14.8. The summed E-state index contributed by atoms with van der Waals surface area (Å²) in [4.78, 5) is 35.7. The molecular formula is C30H30O8. The van der Waals surface area contributed by atoms with Crippen molar-refractivity contribution in [1.82, 2.24) is 0 Å². The maximum absolute atomic E-state index is 12.5. The van der Waals surface area contributed by atoms with Gasteiger partial charge in [0.25, 0.3) is 0 Å². The molecule has 0 aromatic heterocycles. The predicted molar refractivity (Wildman–Crippen MR) is 141 cm³/mol. The molecule has 0 spiro atoms. The molecule has 3 rings (SSSR count). The average molecular weight is 519 g/mol. The zero-order valence-electron chi connectivity index (χ0n) is 21.2. The fourth-order valence-corrected chi connectivity index (χ4v) is 3.30. The van der Waals surface area contributed by atoms with Gasteiger partial charge in [-0.1, -0.05) is 6.58 Å². The summed E-state index contributed by atoms with van der Waals surface area (Å²) >= 11 is 0. The van der Waals surface area contributed by atoms with E-state index in [9.17, 15) is 14.4 Å². The van der Waals surface area contributed by atoms with E-state index in [1.807, 2.05) is 0 Å². The Labute approximate surface area is 221 Å². The van der Waals surface area contributed by atoms with Gasteiger partial charge in [0, 0.05) is 6.08 Å². The molecule has 0 saturated carbocycles. The van der Waals surface area contributed by atoms with Crippen LogP contribution in [0.15, 0.2) is 85.5 Å². The van der Waals surface area contributed by atoms with Gasteiger partial charge in [-0.15, -0.1) is 0 Å². The van der Waals surface area contributed by atoms with Crippen molar-refractivity contribution in [3.8, 4) is 23.0 Å². The van der Waals surface area contributed by atoms with Crippen molar-refractivity contribution in [2.45, 2.75) is 25.7 Å². The quantitative estimate of drug-likeness (QED) is 0.114. The first kappa shape index (κ1) is 28.0. The number of hydrogen-bond acceptors (Lipinski definition) is 8. The first-order chi connectivity index (χ1) is 18.5. The van der Waals surface area contributed by atoms with Crippen LogP contribution >= 0.6 is 0 Å². The number of carbonyl (C=O) groups excluding carboxylic acids is 3. The third-order valence-corrected chi connectivity index (χ3v) is 5.38. The zero-order chi connectivity index (χ0) is 27.2. The highest BCUT2D eigenvalue weighted by molar-refractivity contribution is 5.92. The molecule has 3 aromatic carbocycles. The van der Waals surface area contributed by atoms with E-state index in [0.29, 0.717) is 47.3 Å². The summed E-state index contributed by atoms with van der Waals surface area (Å²) in [5.41, 5.74) is 0.763. The molecule has 0 bridgehead atoms. The van der Waals surface area contributed by atoms with E-state index in [2.05, 4.69) is 6.58 Å². The van der Waals surface area contributed by atoms with E-state index in [4.69, 9.17) is 23.7 Å². The Kier molecular flexibility index (Phi) is 10.9. The lowest BCUT2D eigenvalue weighted by molar-refractivity contribution is -0.137. The monoisotopic (exact) mass is 518 g/mol. The summed E-state index contributed by atoms with van der Waals surface area (Å²) in [6, 6.07) is 19.5. The molecule has 0 N–H and O–H groups in total. The maximum atomic E-state index is 12.5. The standard InChI is InChI=1S/C30H30O8/c1-3-28(31)36-21-7-5-4-6-20-35-25-14-10-23(11-15-25)30(33)38-27-18-16-26(17-19-27)37-29(32)22-8-12-24(34-2)13-9-22/h3,8-19H,1,4-7,20-21H2,2H3. The highest BCUT2D eigenvalue weighted by atomic mass is 16.5. The number of unbranched alkanes of at least 4 members (excludes halogenated alkanes) is 3. The number of carbonyl (C=O) groups is 3. The highest BCUT2D eigenvalue weighted by Crippen LogP contribution is 2.21. The van der Waals surface area contributed by atoms with Crippen molar-refractivity contribution in [2.75, 3.05) is 20.3 Å². The Balaban J connectivity index is 1.38. The Hall–Kier alpha value is -4.59. The van der Waals surface area contributed by atoms with Crippen LogP contribution in [0, 0.1) is 0 Å². The van der Waals surface area contributed by atoms with Gasteiger partial charge in [-0.05, 0) is 98.5 Å². The smallest absolute Gasteiger partial charge is 0.343 e. The van der Waals surface area contributed by atoms with Gasteiger partial charge in [0.15, 0.2) is 0 Å². The first-order valence-corrected chi connectivity index (χ1v) is 12.2. The fraction of sp³-hybridized carbons (Fsp3) is 0.233. The number of esters is 3.